The quantitative estimate of drug-likeness (QED) is 0.762. The van der Waals surface area contributed by atoms with Crippen LogP contribution >= 0.6 is 11.6 Å². The number of hydroxylamine groups is 1. The Balaban J connectivity index is 1.96. The first kappa shape index (κ1) is 16.8. The fourth-order valence-corrected chi connectivity index (χ4v) is 3.05. The lowest BCUT2D eigenvalue weighted by Crippen LogP contribution is -2.38. The van der Waals surface area contributed by atoms with E-state index in [0.29, 0.717) is 18.1 Å². The highest BCUT2D eigenvalue weighted by atomic mass is 35.5. The van der Waals surface area contributed by atoms with Crippen LogP contribution < -0.4 is 5.06 Å². The van der Waals surface area contributed by atoms with Gasteiger partial charge in [0.25, 0.3) is 0 Å². The van der Waals surface area contributed by atoms with Crippen molar-refractivity contribution in [3.8, 4) is 0 Å². The minimum Gasteiger partial charge on any atom is -0.464 e. The van der Waals surface area contributed by atoms with Crippen LogP contribution in [0.25, 0.3) is 0 Å². The summed E-state index contributed by atoms with van der Waals surface area (Å²) in [4.78, 5) is 18.5. The number of ether oxygens (including phenoxy) is 1. The number of carbonyl (C=O) groups excluding carboxylic acids is 1. The lowest BCUT2D eigenvalue weighted by atomic mass is 9.94. The molecule has 1 heterocycles. The molecule has 0 aliphatic carbocycles. The Morgan fingerprint density at radius 1 is 1.25 bits per heavy atom. The van der Waals surface area contributed by atoms with Gasteiger partial charge >= 0.3 is 5.97 Å². The predicted octanol–water partition coefficient (Wildman–Crippen LogP) is 4.54. The van der Waals surface area contributed by atoms with Crippen LogP contribution in [-0.2, 0) is 14.4 Å². The molecule has 1 fully saturated rings. The second-order valence-corrected chi connectivity index (χ2v) is 6.41. The first-order valence-electron chi connectivity index (χ1n) is 7.99. The molecule has 0 amide bonds. The van der Waals surface area contributed by atoms with Gasteiger partial charge in [-0.05, 0) is 43.7 Å². The molecule has 0 aromatic heterocycles. The standard InChI is InChI=1S/C19H20ClNO3/c1-3-23-18(22)19(2)13-17(14-7-5-4-6-8-14)21(24-19)16-11-9-15(20)10-12-16/h4-12,17H,3,13H2,1-2H3/t17-,19-/m1/s1. The number of esters is 1. The van der Waals surface area contributed by atoms with Crippen molar-refractivity contribution in [3.63, 3.8) is 0 Å². The SMILES string of the molecule is CCOC(=O)[C@@]1(C)C[C@H](c2ccccc2)N(c2ccc(Cl)cc2)O1. The number of hydrogen-bond donors (Lipinski definition) is 0. The third-order valence-corrected chi connectivity index (χ3v) is 4.39. The van der Waals surface area contributed by atoms with E-state index in [1.807, 2.05) is 54.6 Å². The number of nitrogens with zero attached hydrogens (tertiary/aromatic N) is 1. The van der Waals surface area contributed by atoms with E-state index in [1.165, 1.54) is 0 Å². The van der Waals surface area contributed by atoms with Crippen molar-refractivity contribution in [2.24, 2.45) is 0 Å². The van der Waals surface area contributed by atoms with E-state index in [0.717, 1.165) is 11.3 Å². The minimum absolute atomic E-state index is 0.0817. The van der Waals surface area contributed by atoms with Crippen LogP contribution in [0, 0.1) is 0 Å². The Morgan fingerprint density at radius 3 is 2.54 bits per heavy atom. The van der Waals surface area contributed by atoms with Gasteiger partial charge in [-0.2, -0.15) is 0 Å². The third kappa shape index (κ3) is 3.25. The molecule has 1 saturated heterocycles. The molecular weight excluding hydrogens is 326 g/mol. The van der Waals surface area contributed by atoms with E-state index in [4.69, 9.17) is 21.2 Å². The molecule has 0 spiro atoms. The molecule has 24 heavy (non-hydrogen) atoms. The van der Waals surface area contributed by atoms with Crippen molar-refractivity contribution in [2.45, 2.75) is 31.9 Å². The van der Waals surface area contributed by atoms with Crippen LogP contribution in [-0.4, -0.2) is 18.2 Å². The molecule has 0 N–H and O–H groups in total. The predicted molar refractivity (Wildman–Crippen MR) is 93.9 cm³/mol. The van der Waals surface area contributed by atoms with Gasteiger partial charge in [0.1, 0.15) is 0 Å². The second kappa shape index (κ2) is 6.83. The maximum atomic E-state index is 12.4. The van der Waals surface area contributed by atoms with Gasteiger partial charge < -0.3 is 4.74 Å². The molecular formula is C19H20ClNO3. The monoisotopic (exact) mass is 345 g/mol. The number of benzene rings is 2. The Kier molecular flexibility index (Phi) is 4.78. The van der Waals surface area contributed by atoms with Crippen LogP contribution in [0.3, 0.4) is 0 Å². The summed E-state index contributed by atoms with van der Waals surface area (Å²) in [7, 11) is 0. The van der Waals surface area contributed by atoms with Crippen LogP contribution in [0.4, 0.5) is 5.69 Å². The Morgan fingerprint density at radius 2 is 1.92 bits per heavy atom. The van der Waals surface area contributed by atoms with Crippen LogP contribution in [0.15, 0.2) is 54.6 Å². The Bertz CT molecular complexity index is 704. The van der Waals surface area contributed by atoms with E-state index in [-0.39, 0.29) is 12.0 Å². The highest BCUT2D eigenvalue weighted by Gasteiger charge is 2.49. The van der Waals surface area contributed by atoms with Gasteiger partial charge in [0.15, 0.2) is 5.60 Å². The normalized spacial score (nSPS) is 23.3. The summed E-state index contributed by atoms with van der Waals surface area (Å²) in [6.45, 7) is 3.90. The zero-order chi connectivity index (χ0) is 17.2. The summed E-state index contributed by atoms with van der Waals surface area (Å²) >= 11 is 5.99. The number of halogens is 1. The molecule has 0 unspecified atom stereocenters. The summed E-state index contributed by atoms with van der Waals surface area (Å²) in [6.07, 6.45) is 0.512. The molecule has 1 aliphatic heterocycles. The van der Waals surface area contributed by atoms with E-state index in [2.05, 4.69) is 0 Å². The van der Waals surface area contributed by atoms with Crippen molar-refractivity contribution in [1.82, 2.24) is 0 Å². The van der Waals surface area contributed by atoms with Crippen LogP contribution in [0.2, 0.25) is 5.02 Å². The molecule has 2 atom stereocenters. The average molecular weight is 346 g/mol. The summed E-state index contributed by atoms with van der Waals surface area (Å²) in [5, 5.41) is 2.44. The van der Waals surface area contributed by atoms with Gasteiger partial charge in [0, 0.05) is 11.4 Å². The molecule has 4 nitrogen and oxygen atoms in total. The van der Waals surface area contributed by atoms with Crippen molar-refractivity contribution >= 4 is 23.3 Å². The summed E-state index contributed by atoms with van der Waals surface area (Å²) in [6, 6.07) is 17.3. The zero-order valence-electron chi connectivity index (χ0n) is 13.7. The van der Waals surface area contributed by atoms with Gasteiger partial charge in [0.2, 0.25) is 0 Å². The fraction of sp³-hybridized carbons (Fsp3) is 0.316. The summed E-state index contributed by atoms with van der Waals surface area (Å²) in [5.74, 6) is -0.345. The van der Waals surface area contributed by atoms with Crippen LogP contribution in [0.5, 0.6) is 0 Å². The molecule has 126 valence electrons. The third-order valence-electron chi connectivity index (χ3n) is 4.14. The number of anilines is 1. The van der Waals surface area contributed by atoms with E-state index in [1.54, 1.807) is 18.9 Å². The number of rotatable bonds is 4. The zero-order valence-corrected chi connectivity index (χ0v) is 14.5. The highest BCUT2D eigenvalue weighted by molar-refractivity contribution is 6.30. The van der Waals surface area contributed by atoms with Crippen molar-refractivity contribution < 1.29 is 14.4 Å². The van der Waals surface area contributed by atoms with Gasteiger partial charge in [-0.3, -0.25) is 4.84 Å². The maximum Gasteiger partial charge on any atom is 0.340 e. The van der Waals surface area contributed by atoms with E-state index in [9.17, 15) is 4.79 Å². The molecule has 2 aromatic rings. The average Bonchev–Trinajstić information content (AvgIpc) is 2.96. The number of hydrogen-bond acceptors (Lipinski definition) is 4. The van der Waals surface area contributed by atoms with E-state index >= 15 is 0 Å². The fourth-order valence-electron chi connectivity index (χ4n) is 2.92. The lowest BCUT2D eigenvalue weighted by molar-refractivity contribution is -0.165. The maximum absolute atomic E-state index is 12.4. The molecule has 0 saturated carbocycles. The Labute approximate surface area is 146 Å². The largest absolute Gasteiger partial charge is 0.464 e. The molecule has 0 radical (unpaired) electrons. The van der Waals surface area contributed by atoms with Gasteiger partial charge in [0.05, 0.1) is 18.3 Å². The molecule has 2 aromatic carbocycles. The molecule has 1 aliphatic rings. The molecule has 5 heteroatoms. The second-order valence-electron chi connectivity index (χ2n) is 5.98. The summed E-state index contributed by atoms with van der Waals surface area (Å²) < 4.78 is 5.20. The first-order chi connectivity index (χ1) is 11.5. The number of carbonyl (C=O) groups is 1. The summed E-state index contributed by atoms with van der Waals surface area (Å²) in [5.41, 5.74) is 0.914. The lowest BCUT2D eigenvalue weighted by Gasteiger charge is -2.26. The first-order valence-corrected chi connectivity index (χ1v) is 8.37. The minimum atomic E-state index is -1.02. The van der Waals surface area contributed by atoms with Gasteiger partial charge in [-0.15, -0.1) is 0 Å². The van der Waals surface area contributed by atoms with Gasteiger partial charge in [-0.1, -0.05) is 41.9 Å². The van der Waals surface area contributed by atoms with E-state index < -0.39 is 5.60 Å². The van der Waals surface area contributed by atoms with Crippen molar-refractivity contribution in [3.05, 3.63) is 65.2 Å². The van der Waals surface area contributed by atoms with Gasteiger partial charge in [-0.25, -0.2) is 9.86 Å². The smallest absolute Gasteiger partial charge is 0.340 e. The van der Waals surface area contributed by atoms with Crippen molar-refractivity contribution in [1.29, 1.82) is 0 Å². The Hall–Kier alpha value is -2.04. The van der Waals surface area contributed by atoms with Crippen LogP contribution in [0.1, 0.15) is 31.9 Å². The molecule has 3 rings (SSSR count). The highest BCUT2D eigenvalue weighted by Crippen LogP contribution is 2.43. The topological polar surface area (TPSA) is 38.8 Å². The van der Waals surface area contributed by atoms with Crippen molar-refractivity contribution in [2.75, 3.05) is 11.7 Å². The molecule has 0 bridgehead atoms.